The van der Waals surface area contributed by atoms with Crippen LogP contribution in [0.2, 0.25) is 5.02 Å². The van der Waals surface area contributed by atoms with E-state index in [9.17, 15) is 0 Å². The van der Waals surface area contributed by atoms with Gasteiger partial charge in [0.15, 0.2) is 0 Å². The third-order valence-electron chi connectivity index (χ3n) is 1.97. The van der Waals surface area contributed by atoms with E-state index in [0.29, 0.717) is 16.7 Å². The highest BCUT2D eigenvalue weighted by atomic mass is 35.5. The Morgan fingerprint density at radius 2 is 2.00 bits per heavy atom. The van der Waals surface area contributed by atoms with E-state index in [1.165, 1.54) is 0 Å². The smallest absolute Gasteiger partial charge is 0.147 e. The zero-order chi connectivity index (χ0) is 11.4. The van der Waals surface area contributed by atoms with Crippen molar-refractivity contribution in [1.29, 1.82) is 0 Å². The molecule has 0 saturated heterocycles. The van der Waals surface area contributed by atoms with E-state index in [4.69, 9.17) is 27.9 Å². The van der Waals surface area contributed by atoms with Crippen LogP contribution in [0.3, 0.4) is 0 Å². The Labute approximate surface area is 104 Å². The highest BCUT2D eigenvalue weighted by Crippen LogP contribution is 2.24. The lowest BCUT2D eigenvalue weighted by molar-refractivity contribution is 0.480. The van der Waals surface area contributed by atoms with Gasteiger partial charge in [-0.3, -0.25) is 4.98 Å². The van der Waals surface area contributed by atoms with Crippen LogP contribution in [0.25, 0.3) is 0 Å². The summed E-state index contributed by atoms with van der Waals surface area (Å²) < 4.78 is 5.60. The number of nitrogens with zero attached hydrogens (tertiary/aromatic N) is 1. The fourth-order valence-electron chi connectivity index (χ4n) is 1.28. The van der Waals surface area contributed by atoms with E-state index in [1.807, 2.05) is 24.3 Å². The molecule has 2 nitrogen and oxygen atoms in total. The number of hydrogen-bond acceptors (Lipinski definition) is 2. The number of halogens is 2. The van der Waals surface area contributed by atoms with Gasteiger partial charge in [0.2, 0.25) is 0 Å². The number of alkyl halides is 1. The lowest BCUT2D eigenvalue weighted by Crippen LogP contribution is -1.86. The second-order valence-corrected chi connectivity index (χ2v) is 3.93. The lowest BCUT2D eigenvalue weighted by atomic mass is 10.2. The van der Waals surface area contributed by atoms with Crippen LogP contribution >= 0.6 is 23.2 Å². The van der Waals surface area contributed by atoms with Gasteiger partial charge in [0.05, 0.1) is 11.2 Å². The molecule has 0 atom stereocenters. The highest BCUT2D eigenvalue weighted by Gasteiger charge is 1.99. The molecule has 0 spiro atoms. The summed E-state index contributed by atoms with van der Waals surface area (Å²) in [5.74, 6) is 1.80. The third kappa shape index (κ3) is 2.87. The molecule has 2 aromatic rings. The van der Waals surface area contributed by atoms with E-state index < -0.39 is 0 Å². The third-order valence-corrected chi connectivity index (χ3v) is 2.48. The van der Waals surface area contributed by atoms with Crippen molar-refractivity contribution < 1.29 is 4.74 Å². The Morgan fingerprint density at radius 3 is 2.75 bits per heavy atom. The van der Waals surface area contributed by atoms with Crippen LogP contribution in [0.15, 0.2) is 42.7 Å². The maximum atomic E-state index is 5.81. The van der Waals surface area contributed by atoms with Gasteiger partial charge in [-0.1, -0.05) is 23.7 Å². The van der Waals surface area contributed by atoms with E-state index in [-0.39, 0.29) is 0 Å². The zero-order valence-electron chi connectivity index (χ0n) is 8.36. The molecular weight excluding hydrogens is 245 g/mol. The Bertz CT molecular complexity index is 488. The minimum Gasteiger partial charge on any atom is -0.456 e. The Morgan fingerprint density at radius 1 is 1.12 bits per heavy atom. The summed E-state index contributed by atoms with van der Waals surface area (Å²) in [5, 5.41) is 0.547. The maximum Gasteiger partial charge on any atom is 0.147 e. The monoisotopic (exact) mass is 253 g/mol. The van der Waals surface area contributed by atoms with Crippen LogP contribution in [0.4, 0.5) is 0 Å². The summed E-state index contributed by atoms with van der Waals surface area (Å²) >= 11 is 11.5. The fourth-order valence-corrected chi connectivity index (χ4v) is 1.61. The van der Waals surface area contributed by atoms with Crippen molar-refractivity contribution in [3.8, 4) is 11.5 Å². The second kappa shape index (κ2) is 5.19. The number of ether oxygens (including phenoxy) is 1. The second-order valence-electron chi connectivity index (χ2n) is 3.22. The molecule has 0 aliphatic carbocycles. The highest BCUT2D eigenvalue weighted by molar-refractivity contribution is 6.30. The molecule has 4 heteroatoms. The van der Waals surface area contributed by atoms with Crippen molar-refractivity contribution in [2.75, 3.05) is 0 Å². The molecule has 0 unspecified atom stereocenters. The van der Waals surface area contributed by atoms with Crippen molar-refractivity contribution in [3.05, 3.63) is 53.3 Å². The van der Waals surface area contributed by atoms with Gasteiger partial charge in [-0.25, -0.2) is 0 Å². The van der Waals surface area contributed by atoms with Crippen LogP contribution in [0.5, 0.6) is 11.5 Å². The van der Waals surface area contributed by atoms with Crippen molar-refractivity contribution in [1.82, 2.24) is 4.98 Å². The molecule has 0 radical (unpaired) electrons. The molecule has 0 aliphatic heterocycles. The molecule has 0 aliphatic rings. The van der Waals surface area contributed by atoms with Crippen molar-refractivity contribution >= 4 is 23.2 Å². The predicted molar refractivity (Wildman–Crippen MR) is 65.3 cm³/mol. The number of pyridine rings is 1. The number of benzene rings is 1. The molecule has 0 saturated carbocycles. The van der Waals surface area contributed by atoms with E-state index in [1.54, 1.807) is 18.5 Å². The van der Waals surface area contributed by atoms with Gasteiger partial charge in [-0.2, -0.15) is 0 Å². The van der Waals surface area contributed by atoms with Crippen LogP contribution < -0.4 is 4.74 Å². The Hall–Kier alpha value is -1.25. The number of aromatic nitrogens is 1. The topological polar surface area (TPSA) is 22.1 Å². The van der Waals surface area contributed by atoms with Gasteiger partial charge in [0.1, 0.15) is 11.5 Å². The Balaban J connectivity index is 2.20. The summed E-state index contributed by atoms with van der Waals surface area (Å²) in [7, 11) is 0. The first-order valence-corrected chi connectivity index (χ1v) is 5.62. The molecule has 0 N–H and O–H groups in total. The minimum atomic E-state index is 0.463. The summed E-state index contributed by atoms with van der Waals surface area (Å²) in [5.41, 5.74) is 1.01. The maximum absolute atomic E-state index is 5.81. The minimum absolute atomic E-state index is 0.463. The van der Waals surface area contributed by atoms with Crippen LogP contribution in [-0.2, 0) is 5.88 Å². The van der Waals surface area contributed by atoms with Gasteiger partial charge in [-0.15, -0.1) is 11.6 Å². The lowest BCUT2D eigenvalue weighted by Gasteiger charge is -2.06. The van der Waals surface area contributed by atoms with Gasteiger partial charge >= 0.3 is 0 Å². The first-order valence-electron chi connectivity index (χ1n) is 4.71. The average molecular weight is 254 g/mol. The van der Waals surface area contributed by atoms with Crippen molar-refractivity contribution in [2.45, 2.75) is 5.88 Å². The van der Waals surface area contributed by atoms with Crippen LogP contribution in [0, 0.1) is 0 Å². The SMILES string of the molecule is ClCc1cccc(Oc2cncc(Cl)c2)c1. The van der Waals surface area contributed by atoms with Gasteiger partial charge < -0.3 is 4.74 Å². The predicted octanol–water partition coefficient (Wildman–Crippen LogP) is 4.27. The first kappa shape index (κ1) is 11.2. The summed E-state index contributed by atoms with van der Waals surface area (Å²) in [6, 6.07) is 9.29. The fraction of sp³-hybridized carbons (Fsp3) is 0.0833. The summed E-state index contributed by atoms with van der Waals surface area (Å²) in [4.78, 5) is 3.94. The van der Waals surface area contributed by atoms with E-state index in [2.05, 4.69) is 4.98 Å². The summed E-state index contributed by atoms with van der Waals surface area (Å²) in [6.07, 6.45) is 3.17. The standard InChI is InChI=1S/C12H9Cl2NO/c13-6-9-2-1-3-11(4-9)16-12-5-10(14)7-15-8-12/h1-5,7-8H,6H2. The summed E-state index contributed by atoms with van der Waals surface area (Å²) in [6.45, 7) is 0. The van der Waals surface area contributed by atoms with Crippen molar-refractivity contribution in [2.24, 2.45) is 0 Å². The van der Waals surface area contributed by atoms with Gasteiger partial charge in [-0.05, 0) is 17.7 Å². The molecule has 0 fully saturated rings. The van der Waals surface area contributed by atoms with E-state index >= 15 is 0 Å². The molecule has 16 heavy (non-hydrogen) atoms. The van der Waals surface area contributed by atoms with Crippen LogP contribution in [0.1, 0.15) is 5.56 Å². The normalized spacial score (nSPS) is 10.1. The molecule has 82 valence electrons. The Kier molecular flexibility index (Phi) is 3.65. The first-order chi connectivity index (χ1) is 7.78. The van der Waals surface area contributed by atoms with Crippen LogP contribution in [-0.4, -0.2) is 4.98 Å². The molecule has 1 heterocycles. The molecule has 0 amide bonds. The molecule has 2 rings (SSSR count). The average Bonchev–Trinajstić information content (AvgIpc) is 2.29. The zero-order valence-corrected chi connectivity index (χ0v) is 9.87. The quantitative estimate of drug-likeness (QED) is 0.763. The largest absolute Gasteiger partial charge is 0.456 e. The van der Waals surface area contributed by atoms with Gasteiger partial charge in [0.25, 0.3) is 0 Å². The molecule has 1 aromatic heterocycles. The molecule has 1 aromatic carbocycles. The van der Waals surface area contributed by atoms with Gasteiger partial charge in [0, 0.05) is 18.1 Å². The van der Waals surface area contributed by atoms with E-state index in [0.717, 1.165) is 11.3 Å². The molecular formula is C12H9Cl2NO. The molecule has 0 bridgehead atoms. The number of rotatable bonds is 3. The van der Waals surface area contributed by atoms with Crippen molar-refractivity contribution in [3.63, 3.8) is 0 Å². The number of hydrogen-bond donors (Lipinski definition) is 0.